The second-order valence-corrected chi connectivity index (χ2v) is 5.05. The van der Waals surface area contributed by atoms with Crippen molar-refractivity contribution in [3.8, 4) is 0 Å². The second kappa shape index (κ2) is 4.44. The molecule has 0 N–H and O–H groups in total. The van der Waals surface area contributed by atoms with Crippen LogP contribution in [0.15, 0.2) is 22.7 Å². The Bertz CT molecular complexity index is 385. The van der Waals surface area contributed by atoms with Gasteiger partial charge in [-0.3, -0.25) is 4.79 Å². The molecule has 0 saturated carbocycles. The van der Waals surface area contributed by atoms with Gasteiger partial charge < -0.3 is 0 Å². The topological polar surface area (TPSA) is 17.1 Å². The van der Waals surface area contributed by atoms with E-state index < -0.39 is 5.41 Å². The fourth-order valence-corrected chi connectivity index (χ4v) is 1.57. The zero-order valence-electron chi connectivity index (χ0n) is 9.10. The van der Waals surface area contributed by atoms with Crippen molar-refractivity contribution in [3.63, 3.8) is 0 Å². The molecule has 0 bridgehead atoms. The summed E-state index contributed by atoms with van der Waals surface area (Å²) in [6.45, 7) is 5.76. The summed E-state index contributed by atoms with van der Waals surface area (Å²) >= 11 is 3.08. The Morgan fingerprint density at radius 3 is 2.53 bits per heavy atom. The van der Waals surface area contributed by atoms with Gasteiger partial charge in [0.2, 0.25) is 0 Å². The maximum atomic E-state index is 13.0. The van der Waals surface area contributed by atoms with Gasteiger partial charge in [0.1, 0.15) is 5.82 Å². The average molecular weight is 273 g/mol. The van der Waals surface area contributed by atoms with Crippen LogP contribution in [0.25, 0.3) is 0 Å². The predicted octanol–water partition coefficient (Wildman–Crippen LogP) is 4.21. The van der Waals surface area contributed by atoms with E-state index in [0.717, 1.165) is 6.42 Å². The van der Waals surface area contributed by atoms with E-state index in [2.05, 4.69) is 15.9 Å². The van der Waals surface area contributed by atoms with E-state index in [-0.39, 0.29) is 11.6 Å². The maximum Gasteiger partial charge on any atom is 0.168 e. The number of carbonyl (C=O) groups excluding carboxylic acids is 1. The molecule has 0 spiro atoms. The van der Waals surface area contributed by atoms with E-state index in [1.807, 2.05) is 20.8 Å². The minimum Gasteiger partial charge on any atom is -0.294 e. The van der Waals surface area contributed by atoms with Crippen molar-refractivity contribution in [3.05, 3.63) is 34.1 Å². The number of hydrogen-bond acceptors (Lipinski definition) is 1. The van der Waals surface area contributed by atoms with E-state index in [1.54, 1.807) is 0 Å². The van der Waals surface area contributed by atoms with Crippen molar-refractivity contribution in [1.82, 2.24) is 0 Å². The lowest BCUT2D eigenvalue weighted by molar-refractivity contribution is 0.0833. The molecule has 1 nitrogen and oxygen atoms in total. The Morgan fingerprint density at radius 1 is 1.47 bits per heavy atom. The van der Waals surface area contributed by atoms with Gasteiger partial charge in [-0.05, 0) is 40.5 Å². The molecule has 0 heterocycles. The smallest absolute Gasteiger partial charge is 0.168 e. The van der Waals surface area contributed by atoms with Gasteiger partial charge in [0.05, 0.1) is 4.47 Å². The van der Waals surface area contributed by atoms with Gasteiger partial charge in [-0.15, -0.1) is 0 Å². The van der Waals surface area contributed by atoms with Gasteiger partial charge in [0.15, 0.2) is 5.78 Å². The Kier molecular flexibility index (Phi) is 3.66. The van der Waals surface area contributed by atoms with Crippen LogP contribution in [0.3, 0.4) is 0 Å². The van der Waals surface area contributed by atoms with E-state index in [9.17, 15) is 9.18 Å². The Labute approximate surface area is 97.8 Å². The standard InChI is InChI=1S/C12H14BrFO/c1-4-12(2,3)11(15)8-5-6-10(14)9(13)7-8/h5-7H,4H2,1-3H3. The lowest BCUT2D eigenvalue weighted by atomic mass is 9.82. The van der Waals surface area contributed by atoms with Crippen molar-refractivity contribution in [2.75, 3.05) is 0 Å². The lowest BCUT2D eigenvalue weighted by Gasteiger charge is -2.20. The third kappa shape index (κ3) is 2.65. The van der Waals surface area contributed by atoms with Gasteiger partial charge in [-0.25, -0.2) is 4.39 Å². The number of Topliss-reactive ketones (excluding diaryl/α,β-unsaturated/α-hetero) is 1. The molecule has 0 aliphatic rings. The number of hydrogen-bond donors (Lipinski definition) is 0. The summed E-state index contributed by atoms with van der Waals surface area (Å²) in [5.41, 5.74) is 0.159. The average Bonchev–Trinajstić information content (AvgIpc) is 2.21. The first-order valence-corrected chi connectivity index (χ1v) is 5.67. The van der Waals surface area contributed by atoms with Crippen LogP contribution in [0, 0.1) is 11.2 Å². The molecule has 1 rings (SSSR count). The zero-order valence-corrected chi connectivity index (χ0v) is 10.7. The molecule has 0 radical (unpaired) electrons. The van der Waals surface area contributed by atoms with Gasteiger partial charge in [-0.1, -0.05) is 20.8 Å². The van der Waals surface area contributed by atoms with Gasteiger partial charge in [0, 0.05) is 11.0 Å². The third-order valence-electron chi connectivity index (χ3n) is 2.68. The molecule has 0 aliphatic carbocycles. The molecule has 1 aromatic rings. The molecule has 1 aromatic carbocycles. The largest absolute Gasteiger partial charge is 0.294 e. The number of halogens is 2. The normalized spacial score (nSPS) is 11.5. The monoisotopic (exact) mass is 272 g/mol. The highest BCUT2D eigenvalue weighted by atomic mass is 79.9. The summed E-state index contributed by atoms with van der Waals surface area (Å²) in [5, 5.41) is 0. The summed E-state index contributed by atoms with van der Waals surface area (Å²) in [6.07, 6.45) is 0.765. The second-order valence-electron chi connectivity index (χ2n) is 4.20. The van der Waals surface area contributed by atoms with Crippen LogP contribution >= 0.6 is 15.9 Å². The van der Waals surface area contributed by atoms with Gasteiger partial charge in [-0.2, -0.15) is 0 Å². The van der Waals surface area contributed by atoms with Gasteiger partial charge >= 0.3 is 0 Å². The molecular formula is C12H14BrFO. The molecule has 15 heavy (non-hydrogen) atoms. The molecule has 0 unspecified atom stereocenters. The molecule has 82 valence electrons. The first kappa shape index (κ1) is 12.4. The third-order valence-corrected chi connectivity index (χ3v) is 3.29. The van der Waals surface area contributed by atoms with Crippen molar-refractivity contribution in [2.45, 2.75) is 27.2 Å². The molecule has 0 aromatic heterocycles. The first-order chi connectivity index (χ1) is 6.88. The Balaban J connectivity index is 3.08. The molecule has 3 heteroatoms. The van der Waals surface area contributed by atoms with Gasteiger partial charge in [0.25, 0.3) is 0 Å². The quantitative estimate of drug-likeness (QED) is 0.754. The van der Waals surface area contributed by atoms with Crippen molar-refractivity contribution in [1.29, 1.82) is 0 Å². The summed E-state index contributed by atoms with van der Waals surface area (Å²) in [5.74, 6) is -0.299. The zero-order chi connectivity index (χ0) is 11.6. The SMILES string of the molecule is CCC(C)(C)C(=O)c1ccc(F)c(Br)c1. The summed E-state index contributed by atoms with van der Waals surface area (Å²) in [7, 11) is 0. The fraction of sp³-hybridized carbons (Fsp3) is 0.417. The van der Waals surface area contributed by atoms with Crippen LogP contribution in [0.2, 0.25) is 0 Å². The van der Waals surface area contributed by atoms with Crippen LogP contribution in [0.4, 0.5) is 4.39 Å². The van der Waals surface area contributed by atoms with E-state index in [1.165, 1.54) is 18.2 Å². The number of carbonyl (C=O) groups is 1. The predicted molar refractivity (Wildman–Crippen MR) is 62.5 cm³/mol. The first-order valence-electron chi connectivity index (χ1n) is 4.88. The van der Waals surface area contributed by atoms with E-state index >= 15 is 0 Å². The van der Waals surface area contributed by atoms with E-state index in [0.29, 0.717) is 10.0 Å². The van der Waals surface area contributed by atoms with E-state index in [4.69, 9.17) is 0 Å². The van der Waals surface area contributed by atoms with Crippen LogP contribution in [0.5, 0.6) is 0 Å². The van der Waals surface area contributed by atoms with Crippen LogP contribution in [0.1, 0.15) is 37.6 Å². The molecule has 0 amide bonds. The molecular weight excluding hydrogens is 259 g/mol. The minimum atomic E-state index is -0.392. The molecule has 0 saturated heterocycles. The summed E-state index contributed by atoms with van der Waals surface area (Å²) in [4.78, 5) is 12.0. The highest BCUT2D eigenvalue weighted by molar-refractivity contribution is 9.10. The number of rotatable bonds is 3. The van der Waals surface area contributed by atoms with Crippen LogP contribution < -0.4 is 0 Å². The highest BCUT2D eigenvalue weighted by Crippen LogP contribution is 2.27. The highest BCUT2D eigenvalue weighted by Gasteiger charge is 2.26. The number of benzene rings is 1. The Morgan fingerprint density at radius 2 is 2.07 bits per heavy atom. The number of ketones is 1. The fourth-order valence-electron chi connectivity index (χ4n) is 1.19. The minimum absolute atomic E-state index is 0.0469. The van der Waals surface area contributed by atoms with Crippen molar-refractivity contribution in [2.24, 2.45) is 5.41 Å². The van der Waals surface area contributed by atoms with Crippen molar-refractivity contribution >= 4 is 21.7 Å². The lowest BCUT2D eigenvalue weighted by Crippen LogP contribution is -2.23. The molecule has 0 fully saturated rings. The summed E-state index contributed by atoms with van der Waals surface area (Å²) < 4.78 is 13.3. The summed E-state index contributed by atoms with van der Waals surface area (Å²) in [6, 6.07) is 4.37. The van der Waals surface area contributed by atoms with Crippen LogP contribution in [-0.4, -0.2) is 5.78 Å². The molecule has 0 aliphatic heterocycles. The Hall–Kier alpha value is -0.700. The van der Waals surface area contributed by atoms with Crippen molar-refractivity contribution < 1.29 is 9.18 Å². The molecule has 0 atom stereocenters. The maximum absolute atomic E-state index is 13.0. The van der Waals surface area contributed by atoms with Crippen LogP contribution in [-0.2, 0) is 0 Å².